The zero-order chi connectivity index (χ0) is 19.3. The number of hydrogen-bond acceptors (Lipinski definition) is 5. The van der Waals surface area contributed by atoms with Crippen molar-refractivity contribution in [1.29, 1.82) is 0 Å². The van der Waals surface area contributed by atoms with Gasteiger partial charge in [-0.2, -0.15) is 0 Å². The number of rotatable bonds is 8. The predicted octanol–water partition coefficient (Wildman–Crippen LogP) is 3.42. The summed E-state index contributed by atoms with van der Waals surface area (Å²) in [5.41, 5.74) is 1.33. The van der Waals surface area contributed by atoms with Crippen molar-refractivity contribution in [3.05, 3.63) is 35.9 Å². The highest BCUT2D eigenvalue weighted by atomic mass is 16.7. The Hall–Kier alpha value is -0.980. The van der Waals surface area contributed by atoms with E-state index < -0.39 is 6.29 Å². The summed E-state index contributed by atoms with van der Waals surface area (Å²) in [7, 11) is 0. The minimum atomic E-state index is -0.661. The van der Waals surface area contributed by atoms with Gasteiger partial charge in [0.05, 0.1) is 18.3 Å². The number of aryl methyl sites for hydroxylation is 1. The van der Waals surface area contributed by atoms with Gasteiger partial charge in [0.2, 0.25) is 0 Å². The molecule has 1 saturated carbocycles. The largest absolute Gasteiger partial charge is 0.393 e. The van der Waals surface area contributed by atoms with Crippen molar-refractivity contribution >= 4 is 0 Å². The lowest BCUT2D eigenvalue weighted by atomic mass is 9.86. The minimum absolute atomic E-state index is 0.0142. The molecule has 7 atom stereocenters. The molecular weight excluding hydrogens is 356 g/mol. The molecule has 2 saturated heterocycles. The van der Waals surface area contributed by atoms with Gasteiger partial charge in [-0.3, -0.25) is 0 Å². The van der Waals surface area contributed by atoms with Crippen LogP contribution in [0.3, 0.4) is 0 Å². The second-order valence-electron chi connectivity index (χ2n) is 8.65. The summed E-state index contributed by atoms with van der Waals surface area (Å²) in [6.07, 6.45) is 7.37. The molecule has 0 aromatic heterocycles. The molecule has 0 amide bonds. The molecule has 2 aliphatic heterocycles. The van der Waals surface area contributed by atoms with E-state index in [-0.39, 0.29) is 36.4 Å². The zero-order valence-corrected chi connectivity index (χ0v) is 16.6. The lowest BCUT2D eigenvalue weighted by Crippen LogP contribution is -2.30. The van der Waals surface area contributed by atoms with Gasteiger partial charge in [-0.05, 0) is 62.3 Å². The number of fused-ring (bicyclic) bond motifs is 1. The molecule has 4 rings (SSSR count). The first-order valence-corrected chi connectivity index (χ1v) is 11.0. The highest BCUT2D eigenvalue weighted by molar-refractivity contribution is 5.14. The van der Waals surface area contributed by atoms with Gasteiger partial charge < -0.3 is 24.4 Å². The molecule has 0 spiro atoms. The van der Waals surface area contributed by atoms with Crippen LogP contribution in [0.4, 0.5) is 0 Å². The van der Waals surface area contributed by atoms with E-state index in [1.54, 1.807) is 0 Å². The summed E-state index contributed by atoms with van der Waals surface area (Å²) in [4.78, 5) is 0. The van der Waals surface area contributed by atoms with E-state index in [1.807, 2.05) is 6.07 Å². The standard InChI is InChI=1S/C23H34O5/c24-20-15-21-19(14-22(25)28-21)18(20)12-11-17(27-23-8-4-5-13-26-23)10-9-16-6-2-1-3-7-16/h1-3,6-7,17-25H,4-5,8-15H2/t17-,18+,19+,20+,21?,22?,23?/m0/s1. The van der Waals surface area contributed by atoms with Crippen molar-refractivity contribution < 1.29 is 24.4 Å². The van der Waals surface area contributed by atoms with Crippen molar-refractivity contribution in [3.63, 3.8) is 0 Å². The molecular formula is C23H34O5. The first-order valence-electron chi connectivity index (χ1n) is 11.0. The van der Waals surface area contributed by atoms with Crippen molar-refractivity contribution in [1.82, 2.24) is 0 Å². The molecule has 28 heavy (non-hydrogen) atoms. The van der Waals surface area contributed by atoms with Crippen LogP contribution in [0.25, 0.3) is 0 Å². The Balaban J connectivity index is 1.33. The van der Waals surface area contributed by atoms with Gasteiger partial charge in [0.1, 0.15) is 0 Å². The molecule has 1 aromatic rings. The van der Waals surface area contributed by atoms with Gasteiger partial charge in [0.25, 0.3) is 0 Å². The Morgan fingerprint density at radius 2 is 1.93 bits per heavy atom. The van der Waals surface area contributed by atoms with Gasteiger partial charge in [-0.25, -0.2) is 0 Å². The van der Waals surface area contributed by atoms with E-state index >= 15 is 0 Å². The number of hydrogen-bond donors (Lipinski definition) is 2. The van der Waals surface area contributed by atoms with Gasteiger partial charge >= 0.3 is 0 Å². The molecule has 3 aliphatic rings. The monoisotopic (exact) mass is 390 g/mol. The van der Waals surface area contributed by atoms with Crippen LogP contribution in [-0.2, 0) is 20.6 Å². The summed E-state index contributed by atoms with van der Waals surface area (Å²) >= 11 is 0. The molecule has 3 unspecified atom stereocenters. The minimum Gasteiger partial charge on any atom is -0.393 e. The maximum atomic E-state index is 10.5. The van der Waals surface area contributed by atoms with Crippen LogP contribution < -0.4 is 0 Å². The second kappa shape index (κ2) is 9.68. The summed E-state index contributed by atoms with van der Waals surface area (Å²) in [6, 6.07) is 10.5. The number of benzene rings is 1. The molecule has 156 valence electrons. The number of aliphatic hydroxyl groups excluding tert-OH is 2. The lowest BCUT2D eigenvalue weighted by Gasteiger charge is -2.29. The smallest absolute Gasteiger partial charge is 0.157 e. The average Bonchev–Trinajstić information content (AvgIpc) is 3.20. The third-order valence-electron chi connectivity index (χ3n) is 6.70. The molecule has 1 aromatic carbocycles. The fourth-order valence-corrected chi connectivity index (χ4v) is 5.19. The quantitative estimate of drug-likeness (QED) is 0.712. The fourth-order valence-electron chi connectivity index (χ4n) is 5.19. The van der Waals surface area contributed by atoms with E-state index in [4.69, 9.17) is 14.2 Å². The topological polar surface area (TPSA) is 68.2 Å². The van der Waals surface area contributed by atoms with Crippen molar-refractivity contribution in [2.24, 2.45) is 11.8 Å². The van der Waals surface area contributed by atoms with Crippen LogP contribution >= 0.6 is 0 Å². The van der Waals surface area contributed by atoms with Crippen LogP contribution in [0.2, 0.25) is 0 Å². The predicted molar refractivity (Wildman–Crippen MR) is 106 cm³/mol. The summed E-state index contributed by atoms with van der Waals surface area (Å²) in [6.45, 7) is 0.788. The van der Waals surface area contributed by atoms with E-state index in [1.165, 1.54) is 5.56 Å². The lowest BCUT2D eigenvalue weighted by molar-refractivity contribution is -0.191. The Morgan fingerprint density at radius 3 is 2.71 bits per heavy atom. The van der Waals surface area contributed by atoms with E-state index in [0.717, 1.165) is 51.6 Å². The first kappa shape index (κ1) is 20.3. The third kappa shape index (κ3) is 5.14. The first-order chi connectivity index (χ1) is 13.7. The molecule has 2 N–H and O–H groups in total. The Kier molecular flexibility index (Phi) is 7.02. The molecule has 2 heterocycles. The Morgan fingerprint density at radius 1 is 1.07 bits per heavy atom. The van der Waals surface area contributed by atoms with Crippen LogP contribution in [0.5, 0.6) is 0 Å². The molecule has 0 radical (unpaired) electrons. The van der Waals surface area contributed by atoms with Crippen LogP contribution in [-0.4, -0.2) is 47.7 Å². The maximum Gasteiger partial charge on any atom is 0.157 e. The van der Waals surface area contributed by atoms with Crippen molar-refractivity contribution in [2.75, 3.05) is 6.61 Å². The van der Waals surface area contributed by atoms with Crippen LogP contribution in [0, 0.1) is 11.8 Å². The van der Waals surface area contributed by atoms with Gasteiger partial charge in [0, 0.05) is 19.4 Å². The van der Waals surface area contributed by atoms with Crippen LogP contribution in [0.15, 0.2) is 30.3 Å². The van der Waals surface area contributed by atoms with E-state index in [9.17, 15) is 10.2 Å². The second-order valence-corrected chi connectivity index (χ2v) is 8.65. The molecule has 1 aliphatic carbocycles. The van der Waals surface area contributed by atoms with Crippen molar-refractivity contribution in [2.45, 2.75) is 88.7 Å². The van der Waals surface area contributed by atoms with E-state index in [0.29, 0.717) is 12.8 Å². The molecule has 0 bridgehead atoms. The van der Waals surface area contributed by atoms with Gasteiger partial charge in [-0.15, -0.1) is 0 Å². The summed E-state index contributed by atoms with van der Waals surface area (Å²) in [5.74, 6) is 0.461. The number of aliphatic hydroxyl groups is 2. The zero-order valence-electron chi connectivity index (χ0n) is 16.6. The third-order valence-corrected chi connectivity index (χ3v) is 6.70. The van der Waals surface area contributed by atoms with Crippen LogP contribution in [0.1, 0.15) is 56.9 Å². The van der Waals surface area contributed by atoms with Gasteiger partial charge in [-0.1, -0.05) is 30.3 Å². The normalized spacial score (nSPS) is 36.4. The number of ether oxygens (including phenoxy) is 3. The van der Waals surface area contributed by atoms with Crippen molar-refractivity contribution in [3.8, 4) is 0 Å². The van der Waals surface area contributed by atoms with Gasteiger partial charge in [0.15, 0.2) is 12.6 Å². The molecule has 5 nitrogen and oxygen atoms in total. The average molecular weight is 391 g/mol. The highest BCUT2D eigenvalue weighted by Gasteiger charge is 2.48. The summed E-state index contributed by atoms with van der Waals surface area (Å²) in [5, 5.41) is 20.3. The molecule has 5 heteroatoms. The highest BCUT2D eigenvalue weighted by Crippen LogP contribution is 2.45. The Labute approximate surface area is 168 Å². The Bertz CT molecular complexity index is 588. The van der Waals surface area contributed by atoms with E-state index in [2.05, 4.69) is 24.3 Å². The molecule has 3 fully saturated rings. The fraction of sp³-hybridized carbons (Fsp3) is 0.739. The SMILES string of the molecule is OC1C[C@H]2C(C[C@@H](O)[C@@H]2CC[C@H](CCc2ccccc2)OC2CCCCO2)O1. The maximum absolute atomic E-state index is 10.5. The summed E-state index contributed by atoms with van der Waals surface area (Å²) < 4.78 is 17.7.